The highest BCUT2D eigenvalue weighted by Gasteiger charge is 2.10. The summed E-state index contributed by atoms with van der Waals surface area (Å²) in [5.74, 6) is -0.306. The monoisotopic (exact) mass is 228 g/mol. The first-order chi connectivity index (χ1) is 8.25. The molecule has 0 radical (unpaired) electrons. The quantitative estimate of drug-likeness (QED) is 0.694. The average Bonchev–Trinajstić information content (AvgIpc) is 2.76. The third-order valence-corrected chi connectivity index (χ3v) is 2.54. The minimum atomic E-state index is -0.306. The highest BCUT2D eigenvalue weighted by Crippen LogP contribution is 2.25. The second-order valence-corrected chi connectivity index (χ2v) is 3.67. The summed E-state index contributed by atoms with van der Waals surface area (Å²) in [6.45, 7) is 0. The fraction of sp³-hybridized carbons (Fsp3) is 0. The Morgan fingerprint density at radius 1 is 1.24 bits per heavy atom. The number of nitrogens with two attached hydrogens (primary N) is 1. The Morgan fingerprint density at radius 3 is 2.94 bits per heavy atom. The van der Waals surface area contributed by atoms with E-state index in [0.717, 1.165) is 0 Å². The van der Waals surface area contributed by atoms with E-state index >= 15 is 0 Å². The van der Waals surface area contributed by atoms with Gasteiger partial charge in [0.1, 0.15) is 5.82 Å². The molecule has 3 aromatic rings. The van der Waals surface area contributed by atoms with Crippen molar-refractivity contribution in [3.8, 4) is 11.3 Å². The van der Waals surface area contributed by atoms with E-state index in [9.17, 15) is 4.39 Å². The van der Waals surface area contributed by atoms with Gasteiger partial charge < -0.3 is 5.73 Å². The van der Waals surface area contributed by atoms with Crippen molar-refractivity contribution in [2.45, 2.75) is 0 Å². The van der Waals surface area contributed by atoms with Gasteiger partial charge in [-0.25, -0.2) is 13.9 Å². The minimum absolute atomic E-state index is 0.306. The predicted molar refractivity (Wildman–Crippen MR) is 62.8 cm³/mol. The molecule has 17 heavy (non-hydrogen) atoms. The van der Waals surface area contributed by atoms with E-state index in [4.69, 9.17) is 5.73 Å². The van der Waals surface area contributed by atoms with Crippen LogP contribution in [0.5, 0.6) is 0 Å². The van der Waals surface area contributed by atoms with Crippen molar-refractivity contribution in [2.24, 2.45) is 0 Å². The van der Waals surface area contributed by atoms with Crippen LogP contribution in [-0.4, -0.2) is 14.6 Å². The highest BCUT2D eigenvalue weighted by molar-refractivity contribution is 5.74. The zero-order chi connectivity index (χ0) is 11.8. The van der Waals surface area contributed by atoms with Gasteiger partial charge in [-0.15, -0.1) is 0 Å². The van der Waals surface area contributed by atoms with E-state index in [1.165, 1.54) is 12.1 Å². The summed E-state index contributed by atoms with van der Waals surface area (Å²) in [4.78, 5) is 4.13. The molecule has 2 N–H and O–H groups in total. The molecule has 0 atom stereocenters. The molecular weight excluding hydrogens is 219 g/mol. The Balaban J connectivity index is 2.36. The number of halogens is 1. The third kappa shape index (κ3) is 1.52. The first-order valence-corrected chi connectivity index (χ1v) is 5.10. The van der Waals surface area contributed by atoms with Crippen molar-refractivity contribution in [3.05, 3.63) is 48.5 Å². The largest absolute Gasteiger partial charge is 0.396 e. The van der Waals surface area contributed by atoms with Crippen LogP contribution in [0, 0.1) is 5.82 Å². The van der Waals surface area contributed by atoms with Crippen LogP contribution in [0.4, 0.5) is 10.1 Å². The van der Waals surface area contributed by atoms with E-state index in [-0.39, 0.29) is 5.82 Å². The molecule has 0 saturated carbocycles. The second-order valence-electron chi connectivity index (χ2n) is 3.67. The Morgan fingerprint density at radius 2 is 2.12 bits per heavy atom. The molecule has 0 fully saturated rings. The summed E-state index contributed by atoms with van der Waals surface area (Å²) in [6.07, 6.45) is 3.18. The van der Waals surface area contributed by atoms with Crippen LogP contribution >= 0.6 is 0 Å². The van der Waals surface area contributed by atoms with Crippen molar-refractivity contribution < 1.29 is 4.39 Å². The molecule has 0 aliphatic carbocycles. The smallest absolute Gasteiger partial charge is 0.155 e. The van der Waals surface area contributed by atoms with Gasteiger partial charge in [-0.2, -0.15) is 5.10 Å². The summed E-state index contributed by atoms with van der Waals surface area (Å²) in [7, 11) is 0. The molecular formula is C12H9FN4. The maximum atomic E-state index is 13.2. The van der Waals surface area contributed by atoms with Gasteiger partial charge in [0, 0.05) is 11.6 Å². The molecule has 0 spiro atoms. The van der Waals surface area contributed by atoms with E-state index < -0.39 is 0 Å². The van der Waals surface area contributed by atoms with Crippen LogP contribution in [-0.2, 0) is 0 Å². The number of nitrogens with zero attached hydrogens (tertiary/aromatic N) is 3. The number of benzene rings is 1. The summed E-state index contributed by atoms with van der Waals surface area (Å²) in [5, 5.41) is 4.14. The van der Waals surface area contributed by atoms with Gasteiger partial charge in [-0.05, 0) is 12.1 Å². The van der Waals surface area contributed by atoms with E-state index in [1.807, 2.05) is 0 Å². The molecule has 0 aliphatic rings. The molecule has 3 rings (SSSR count). The lowest BCUT2D eigenvalue weighted by Crippen LogP contribution is -2.01. The summed E-state index contributed by atoms with van der Waals surface area (Å²) in [5.41, 5.74) is 8.36. The van der Waals surface area contributed by atoms with Crippen molar-refractivity contribution in [1.29, 1.82) is 0 Å². The number of fused-ring (bicyclic) bond motifs is 1. The van der Waals surface area contributed by atoms with E-state index in [1.54, 1.807) is 35.1 Å². The second kappa shape index (κ2) is 3.55. The number of hydrogen-bond acceptors (Lipinski definition) is 3. The molecule has 2 aromatic heterocycles. The van der Waals surface area contributed by atoms with Crippen LogP contribution < -0.4 is 5.73 Å². The van der Waals surface area contributed by atoms with E-state index in [2.05, 4.69) is 10.1 Å². The number of hydrogen-bond donors (Lipinski definition) is 1. The fourth-order valence-corrected chi connectivity index (χ4v) is 1.81. The maximum absolute atomic E-state index is 13.2. The SMILES string of the molecule is Nc1cnc2ccnn2c1-c1cccc(F)c1. The third-order valence-electron chi connectivity index (χ3n) is 2.54. The fourth-order valence-electron chi connectivity index (χ4n) is 1.81. The lowest BCUT2D eigenvalue weighted by molar-refractivity contribution is 0.628. The van der Waals surface area contributed by atoms with Gasteiger partial charge in [-0.3, -0.25) is 0 Å². The van der Waals surface area contributed by atoms with Crippen LogP contribution in [0.3, 0.4) is 0 Å². The molecule has 0 amide bonds. The summed E-state index contributed by atoms with van der Waals surface area (Å²) in [6, 6.07) is 8.01. The van der Waals surface area contributed by atoms with Gasteiger partial charge in [0.2, 0.25) is 0 Å². The average molecular weight is 228 g/mol. The van der Waals surface area contributed by atoms with Crippen molar-refractivity contribution in [3.63, 3.8) is 0 Å². The molecule has 4 nitrogen and oxygen atoms in total. The van der Waals surface area contributed by atoms with Gasteiger partial charge in [0.25, 0.3) is 0 Å². The Bertz CT molecular complexity index is 690. The van der Waals surface area contributed by atoms with Crippen molar-refractivity contribution in [1.82, 2.24) is 14.6 Å². The van der Waals surface area contributed by atoms with Gasteiger partial charge >= 0.3 is 0 Å². The topological polar surface area (TPSA) is 56.2 Å². The zero-order valence-electron chi connectivity index (χ0n) is 8.84. The normalized spacial score (nSPS) is 10.9. The molecule has 0 aliphatic heterocycles. The number of aromatic nitrogens is 3. The number of anilines is 1. The highest BCUT2D eigenvalue weighted by atomic mass is 19.1. The zero-order valence-corrected chi connectivity index (χ0v) is 8.84. The van der Waals surface area contributed by atoms with Gasteiger partial charge in [-0.1, -0.05) is 12.1 Å². The van der Waals surface area contributed by atoms with E-state index in [0.29, 0.717) is 22.6 Å². The molecule has 5 heteroatoms. The lowest BCUT2D eigenvalue weighted by Gasteiger charge is -2.07. The van der Waals surface area contributed by atoms with Crippen LogP contribution in [0.1, 0.15) is 0 Å². The predicted octanol–water partition coefficient (Wildman–Crippen LogP) is 2.12. The number of rotatable bonds is 1. The lowest BCUT2D eigenvalue weighted by atomic mass is 10.1. The molecule has 0 unspecified atom stereocenters. The Labute approximate surface area is 96.5 Å². The summed E-state index contributed by atoms with van der Waals surface area (Å²) >= 11 is 0. The summed E-state index contributed by atoms with van der Waals surface area (Å²) < 4.78 is 14.8. The molecule has 1 aromatic carbocycles. The molecule has 84 valence electrons. The minimum Gasteiger partial charge on any atom is -0.396 e. The number of nitrogen functional groups attached to an aromatic ring is 1. The van der Waals surface area contributed by atoms with Crippen LogP contribution in [0.2, 0.25) is 0 Å². The standard InChI is InChI=1S/C12H9FN4/c13-9-3-1-2-8(6-9)12-10(14)7-15-11-4-5-16-17(11)12/h1-7H,14H2. The Kier molecular flexibility index (Phi) is 2.04. The maximum Gasteiger partial charge on any atom is 0.155 e. The first-order valence-electron chi connectivity index (χ1n) is 5.10. The van der Waals surface area contributed by atoms with Gasteiger partial charge in [0.15, 0.2) is 5.65 Å². The van der Waals surface area contributed by atoms with Gasteiger partial charge in [0.05, 0.1) is 23.8 Å². The molecule has 2 heterocycles. The van der Waals surface area contributed by atoms with Crippen LogP contribution in [0.15, 0.2) is 42.7 Å². The first kappa shape index (κ1) is 9.77. The Hall–Kier alpha value is -2.43. The molecule has 0 saturated heterocycles. The van der Waals surface area contributed by atoms with Crippen LogP contribution in [0.25, 0.3) is 16.9 Å². The van der Waals surface area contributed by atoms with Crippen molar-refractivity contribution >= 4 is 11.3 Å². The van der Waals surface area contributed by atoms with Crippen molar-refractivity contribution in [2.75, 3.05) is 5.73 Å². The molecule has 0 bridgehead atoms.